The van der Waals surface area contributed by atoms with E-state index in [2.05, 4.69) is 10.2 Å². The number of hydrogen-bond donors (Lipinski definition) is 0. The van der Waals surface area contributed by atoms with Crippen LogP contribution in [0.4, 0.5) is 0 Å². The second kappa shape index (κ2) is 7.36. The monoisotopic (exact) mass is 351 g/mol. The van der Waals surface area contributed by atoms with Crippen LogP contribution in [0.3, 0.4) is 0 Å². The molecule has 0 unspecified atom stereocenters. The maximum absolute atomic E-state index is 12.4. The van der Waals surface area contributed by atoms with Crippen LogP contribution in [-0.4, -0.2) is 39.3 Å². The van der Waals surface area contributed by atoms with Crippen LogP contribution < -0.4 is 0 Å². The molecule has 1 fully saturated rings. The first-order valence-corrected chi connectivity index (χ1v) is 8.94. The normalized spacial score (nSPS) is 16.3. The standard InChI is InChI=1S/C16H18ClN3O2S/c1-11(15(21)20-9-3-2-4-10-20)23-16-19-18-14(22-16)12-5-7-13(17)8-6-12/h5-8,11H,2-4,9-10H2,1H3/t11-/m1/s1. The third-order valence-electron chi connectivity index (χ3n) is 3.79. The summed E-state index contributed by atoms with van der Waals surface area (Å²) >= 11 is 7.18. The minimum Gasteiger partial charge on any atom is -0.411 e. The van der Waals surface area contributed by atoms with E-state index in [-0.39, 0.29) is 11.2 Å². The lowest BCUT2D eigenvalue weighted by molar-refractivity contribution is -0.131. The molecule has 1 aliphatic heterocycles. The van der Waals surface area contributed by atoms with E-state index in [0.29, 0.717) is 16.1 Å². The molecule has 0 saturated carbocycles. The van der Waals surface area contributed by atoms with Crippen molar-refractivity contribution in [1.82, 2.24) is 15.1 Å². The van der Waals surface area contributed by atoms with Crippen LogP contribution in [-0.2, 0) is 4.79 Å². The molecule has 1 aromatic heterocycles. The fourth-order valence-corrected chi connectivity index (χ4v) is 3.43. The van der Waals surface area contributed by atoms with Crippen LogP contribution in [0, 0.1) is 0 Å². The van der Waals surface area contributed by atoms with Crippen LogP contribution >= 0.6 is 23.4 Å². The number of piperidine rings is 1. The molecule has 2 heterocycles. The molecule has 1 atom stereocenters. The summed E-state index contributed by atoms with van der Waals surface area (Å²) in [5, 5.41) is 8.90. The number of aromatic nitrogens is 2. The van der Waals surface area contributed by atoms with Gasteiger partial charge in [0.15, 0.2) is 0 Å². The van der Waals surface area contributed by atoms with E-state index in [1.54, 1.807) is 12.1 Å². The Hall–Kier alpha value is -1.53. The summed E-state index contributed by atoms with van der Waals surface area (Å²) in [5.74, 6) is 0.572. The van der Waals surface area contributed by atoms with E-state index in [4.69, 9.17) is 16.0 Å². The molecule has 3 rings (SSSR count). The first-order valence-electron chi connectivity index (χ1n) is 7.68. The zero-order valence-corrected chi connectivity index (χ0v) is 14.4. The molecule has 0 radical (unpaired) electrons. The molecule has 1 saturated heterocycles. The highest BCUT2D eigenvalue weighted by molar-refractivity contribution is 8.00. The molecule has 1 aromatic carbocycles. The predicted octanol–water partition coefficient (Wildman–Crippen LogP) is 3.88. The molecular formula is C16H18ClN3O2S. The van der Waals surface area contributed by atoms with E-state index in [0.717, 1.165) is 31.5 Å². The van der Waals surface area contributed by atoms with Crippen LogP contribution in [0.1, 0.15) is 26.2 Å². The number of benzene rings is 1. The summed E-state index contributed by atoms with van der Waals surface area (Å²) in [6.45, 7) is 3.58. The molecular weight excluding hydrogens is 334 g/mol. The van der Waals surface area contributed by atoms with Crippen LogP contribution in [0.15, 0.2) is 33.9 Å². The molecule has 1 amide bonds. The fourth-order valence-electron chi connectivity index (χ4n) is 2.54. The average molecular weight is 352 g/mol. The van der Waals surface area contributed by atoms with Crippen molar-refractivity contribution in [1.29, 1.82) is 0 Å². The molecule has 1 aliphatic rings. The number of nitrogens with zero attached hydrogens (tertiary/aromatic N) is 3. The van der Waals surface area contributed by atoms with Gasteiger partial charge >= 0.3 is 0 Å². The highest BCUT2D eigenvalue weighted by Gasteiger charge is 2.24. The number of rotatable bonds is 4. The van der Waals surface area contributed by atoms with E-state index in [9.17, 15) is 4.79 Å². The van der Waals surface area contributed by atoms with Gasteiger partial charge in [-0.1, -0.05) is 23.4 Å². The van der Waals surface area contributed by atoms with Crippen LogP contribution in [0.25, 0.3) is 11.5 Å². The van der Waals surface area contributed by atoms with E-state index in [1.165, 1.54) is 18.2 Å². The molecule has 7 heteroatoms. The van der Waals surface area contributed by atoms with Gasteiger partial charge in [-0.3, -0.25) is 4.79 Å². The maximum atomic E-state index is 12.4. The molecule has 5 nitrogen and oxygen atoms in total. The Morgan fingerprint density at radius 2 is 1.91 bits per heavy atom. The zero-order chi connectivity index (χ0) is 16.2. The van der Waals surface area contributed by atoms with Gasteiger partial charge in [0.05, 0.1) is 5.25 Å². The van der Waals surface area contributed by atoms with E-state index in [1.807, 2.05) is 24.0 Å². The van der Waals surface area contributed by atoms with Gasteiger partial charge in [-0.15, -0.1) is 10.2 Å². The summed E-state index contributed by atoms with van der Waals surface area (Å²) in [7, 11) is 0. The topological polar surface area (TPSA) is 59.2 Å². The van der Waals surface area contributed by atoms with Crippen molar-refractivity contribution in [2.45, 2.75) is 36.7 Å². The van der Waals surface area contributed by atoms with Gasteiger partial charge in [0.25, 0.3) is 5.22 Å². The van der Waals surface area contributed by atoms with Crippen LogP contribution in [0.2, 0.25) is 5.02 Å². The van der Waals surface area contributed by atoms with Crippen molar-refractivity contribution in [3.63, 3.8) is 0 Å². The highest BCUT2D eigenvalue weighted by Crippen LogP contribution is 2.28. The molecule has 0 spiro atoms. The number of carbonyl (C=O) groups excluding carboxylic acids is 1. The molecule has 23 heavy (non-hydrogen) atoms. The smallest absolute Gasteiger partial charge is 0.277 e. The van der Waals surface area contributed by atoms with Gasteiger partial charge in [-0.25, -0.2) is 0 Å². The fraction of sp³-hybridized carbons (Fsp3) is 0.438. The third kappa shape index (κ3) is 4.06. The minimum absolute atomic E-state index is 0.140. The summed E-state index contributed by atoms with van der Waals surface area (Å²) in [5.41, 5.74) is 0.809. The Labute approximate surface area is 144 Å². The molecule has 122 valence electrons. The number of halogens is 1. The minimum atomic E-state index is -0.230. The molecule has 0 N–H and O–H groups in total. The molecule has 0 aliphatic carbocycles. The van der Waals surface area contributed by atoms with Gasteiger partial charge in [0.1, 0.15) is 0 Å². The van der Waals surface area contributed by atoms with Crippen molar-refractivity contribution in [3.8, 4) is 11.5 Å². The number of thioether (sulfide) groups is 1. The lowest BCUT2D eigenvalue weighted by Crippen LogP contribution is -2.40. The first kappa shape index (κ1) is 16.3. The van der Waals surface area contributed by atoms with Crippen molar-refractivity contribution in [2.75, 3.05) is 13.1 Å². The average Bonchev–Trinajstić information content (AvgIpc) is 3.04. The first-order chi connectivity index (χ1) is 11.1. The van der Waals surface area contributed by atoms with Gasteiger partial charge in [-0.05, 0) is 50.5 Å². The lowest BCUT2D eigenvalue weighted by Gasteiger charge is -2.28. The van der Waals surface area contributed by atoms with Crippen molar-refractivity contribution < 1.29 is 9.21 Å². The molecule has 0 bridgehead atoms. The van der Waals surface area contributed by atoms with Gasteiger partial charge < -0.3 is 9.32 Å². The Morgan fingerprint density at radius 3 is 2.61 bits per heavy atom. The zero-order valence-electron chi connectivity index (χ0n) is 12.9. The number of carbonyl (C=O) groups is 1. The van der Waals surface area contributed by atoms with E-state index < -0.39 is 0 Å². The summed E-state index contributed by atoms with van der Waals surface area (Å²) < 4.78 is 5.64. The second-order valence-electron chi connectivity index (χ2n) is 5.53. The van der Waals surface area contributed by atoms with Gasteiger partial charge in [-0.2, -0.15) is 0 Å². The summed E-state index contributed by atoms with van der Waals surface area (Å²) in [6, 6.07) is 7.20. The van der Waals surface area contributed by atoms with Crippen molar-refractivity contribution >= 4 is 29.3 Å². The van der Waals surface area contributed by atoms with Gasteiger partial charge in [0.2, 0.25) is 11.8 Å². The number of likely N-dealkylation sites (tertiary alicyclic amines) is 1. The second-order valence-corrected chi connectivity index (χ2v) is 7.25. The number of hydrogen-bond acceptors (Lipinski definition) is 5. The highest BCUT2D eigenvalue weighted by atomic mass is 35.5. The van der Waals surface area contributed by atoms with Crippen molar-refractivity contribution in [3.05, 3.63) is 29.3 Å². The Kier molecular flexibility index (Phi) is 5.23. The Morgan fingerprint density at radius 1 is 1.22 bits per heavy atom. The predicted molar refractivity (Wildman–Crippen MR) is 90.5 cm³/mol. The summed E-state index contributed by atoms with van der Waals surface area (Å²) in [6.07, 6.45) is 3.38. The quantitative estimate of drug-likeness (QED) is 0.782. The SMILES string of the molecule is C[C@@H](Sc1nnc(-c2ccc(Cl)cc2)o1)C(=O)N1CCCCC1. The third-order valence-corrected chi connectivity index (χ3v) is 4.96. The lowest BCUT2D eigenvalue weighted by atomic mass is 10.1. The van der Waals surface area contributed by atoms with Crippen LogP contribution in [0.5, 0.6) is 0 Å². The largest absolute Gasteiger partial charge is 0.411 e. The van der Waals surface area contributed by atoms with Gasteiger partial charge in [0, 0.05) is 23.7 Å². The summed E-state index contributed by atoms with van der Waals surface area (Å²) in [4.78, 5) is 14.3. The Bertz CT molecular complexity index is 668. The van der Waals surface area contributed by atoms with Crippen molar-refractivity contribution in [2.24, 2.45) is 0 Å². The maximum Gasteiger partial charge on any atom is 0.277 e. The van der Waals surface area contributed by atoms with E-state index >= 15 is 0 Å². The Balaban J connectivity index is 1.64. The number of amides is 1. The molecule has 2 aromatic rings.